The molecule has 3 aromatic carbocycles. The minimum Gasteiger partial charge on any atom is -0.493 e. The van der Waals surface area contributed by atoms with Gasteiger partial charge < -0.3 is 18.9 Å². The average molecular weight is 445 g/mol. The fraction of sp³-hybridized carbons (Fsp3) is 0.160. The van der Waals surface area contributed by atoms with Gasteiger partial charge in [-0.25, -0.2) is 4.98 Å². The molecule has 0 N–H and O–H groups in total. The number of hydrogen-bond acceptors (Lipinski definition) is 7. The van der Waals surface area contributed by atoms with Crippen LogP contribution in [0.4, 0.5) is 0 Å². The summed E-state index contributed by atoms with van der Waals surface area (Å²) >= 11 is 0. The zero-order valence-corrected chi connectivity index (χ0v) is 18.7. The molecule has 0 atom stereocenters. The number of methoxy groups -OCH3 is 4. The number of rotatable bonds is 7. The van der Waals surface area contributed by atoms with Crippen molar-refractivity contribution in [3.8, 4) is 34.4 Å². The van der Waals surface area contributed by atoms with E-state index in [0.717, 1.165) is 5.56 Å². The smallest absolute Gasteiger partial charge is 0.282 e. The summed E-state index contributed by atoms with van der Waals surface area (Å²) in [5.74, 6) is 2.63. The van der Waals surface area contributed by atoms with Crippen molar-refractivity contribution < 1.29 is 18.9 Å². The average Bonchev–Trinajstić information content (AvgIpc) is 2.87. The fourth-order valence-electron chi connectivity index (χ4n) is 3.45. The Balaban J connectivity index is 1.90. The maximum Gasteiger partial charge on any atom is 0.282 e. The van der Waals surface area contributed by atoms with Gasteiger partial charge in [-0.1, -0.05) is 12.1 Å². The van der Waals surface area contributed by atoms with E-state index < -0.39 is 0 Å². The quantitative estimate of drug-likeness (QED) is 0.400. The molecule has 0 bridgehead atoms. The van der Waals surface area contributed by atoms with Gasteiger partial charge in [0.2, 0.25) is 0 Å². The zero-order chi connectivity index (χ0) is 23.4. The SMILES string of the molecule is COc1ccc(/C=N\n2c(-c3ccc(OC)c(OC)c3)nc3ccccc3c2=O)cc1OC. The molecular formula is C25H23N3O5. The van der Waals surface area contributed by atoms with E-state index in [-0.39, 0.29) is 5.56 Å². The van der Waals surface area contributed by atoms with Gasteiger partial charge in [-0.2, -0.15) is 9.78 Å². The van der Waals surface area contributed by atoms with Crippen molar-refractivity contribution >= 4 is 17.1 Å². The van der Waals surface area contributed by atoms with E-state index in [1.165, 1.54) is 4.68 Å². The van der Waals surface area contributed by atoms with Crippen molar-refractivity contribution in [2.75, 3.05) is 28.4 Å². The highest BCUT2D eigenvalue weighted by atomic mass is 16.5. The maximum atomic E-state index is 13.4. The minimum atomic E-state index is -0.290. The highest BCUT2D eigenvalue weighted by Crippen LogP contribution is 2.32. The number of aromatic nitrogens is 2. The summed E-state index contributed by atoms with van der Waals surface area (Å²) in [5.41, 5.74) is 1.66. The Morgan fingerprint density at radius 3 is 2.12 bits per heavy atom. The van der Waals surface area contributed by atoms with Crippen molar-refractivity contribution in [2.24, 2.45) is 5.10 Å². The van der Waals surface area contributed by atoms with Gasteiger partial charge in [-0.05, 0) is 54.1 Å². The first kappa shape index (κ1) is 21.9. The van der Waals surface area contributed by atoms with Crippen LogP contribution in [0.1, 0.15) is 5.56 Å². The van der Waals surface area contributed by atoms with Crippen LogP contribution < -0.4 is 24.5 Å². The Hall–Kier alpha value is -4.33. The molecule has 0 saturated heterocycles. The Morgan fingerprint density at radius 2 is 1.42 bits per heavy atom. The third-order valence-corrected chi connectivity index (χ3v) is 5.13. The number of fused-ring (bicyclic) bond motifs is 1. The molecule has 4 rings (SSSR count). The van der Waals surface area contributed by atoms with E-state index >= 15 is 0 Å². The molecule has 8 nitrogen and oxygen atoms in total. The number of nitrogens with zero attached hydrogens (tertiary/aromatic N) is 3. The third kappa shape index (κ3) is 4.23. The maximum absolute atomic E-state index is 13.4. The van der Waals surface area contributed by atoms with Gasteiger partial charge in [0.15, 0.2) is 28.8 Å². The van der Waals surface area contributed by atoms with Gasteiger partial charge in [-0.3, -0.25) is 4.79 Å². The predicted molar refractivity (Wildman–Crippen MR) is 127 cm³/mol. The van der Waals surface area contributed by atoms with Crippen LogP contribution in [0.15, 0.2) is 70.6 Å². The first-order chi connectivity index (χ1) is 16.1. The molecule has 0 saturated carbocycles. The van der Waals surface area contributed by atoms with E-state index in [1.54, 1.807) is 83.2 Å². The van der Waals surface area contributed by atoms with Crippen molar-refractivity contribution in [1.29, 1.82) is 0 Å². The van der Waals surface area contributed by atoms with Gasteiger partial charge in [0, 0.05) is 5.56 Å². The molecule has 0 aliphatic heterocycles. The second kappa shape index (κ2) is 9.44. The van der Waals surface area contributed by atoms with Gasteiger partial charge >= 0.3 is 0 Å². The summed E-state index contributed by atoms with van der Waals surface area (Å²) in [4.78, 5) is 18.1. The van der Waals surface area contributed by atoms with E-state index in [2.05, 4.69) is 5.10 Å². The second-order valence-electron chi connectivity index (χ2n) is 7.00. The lowest BCUT2D eigenvalue weighted by molar-refractivity contribution is 0.355. The monoisotopic (exact) mass is 445 g/mol. The molecule has 0 amide bonds. The Morgan fingerprint density at radius 1 is 0.788 bits per heavy atom. The van der Waals surface area contributed by atoms with Crippen molar-refractivity contribution in [3.05, 3.63) is 76.6 Å². The van der Waals surface area contributed by atoms with Crippen LogP contribution >= 0.6 is 0 Å². The fourth-order valence-corrected chi connectivity index (χ4v) is 3.45. The standard InChI is InChI=1S/C25H23N3O5/c1-30-20-11-9-16(13-22(20)32-3)15-26-28-24(17-10-12-21(31-2)23(14-17)33-4)27-19-8-6-5-7-18(19)25(28)29/h5-15H,1-4H3/b26-15-. The third-order valence-electron chi connectivity index (χ3n) is 5.13. The molecule has 4 aromatic rings. The molecule has 0 spiro atoms. The zero-order valence-electron chi connectivity index (χ0n) is 18.7. The summed E-state index contributed by atoms with van der Waals surface area (Å²) in [5, 5.41) is 4.94. The van der Waals surface area contributed by atoms with Crippen LogP contribution in [0.3, 0.4) is 0 Å². The molecule has 0 radical (unpaired) electrons. The molecule has 0 aliphatic carbocycles. The van der Waals surface area contributed by atoms with E-state index in [4.69, 9.17) is 23.9 Å². The molecule has 1 aromatic heterocycles. The lowest BCUT2D eigenvalue weighted by Crippen LogP contribution is -2.20. The summed E-state index contributed by atoms with van der Waals surface area (Å²) in [6, 6.07) is 17.9. The van der Waals surface area contributed by atoms with E-state index in [0.29, 0.717) is 45.3 Å². The van der Waals surface area contributed by atoms with Crippen LogP contribution in [0, 0.1) is 0 Å². The molecule has 0 unspecified atom stereocenters. The normalized spacial score (nSPS) is 11.0. The lowest BCUT2D eigenvalue weighted by Gasteiger charge is -2.12. The Kier molecular flexibility index (Phi) is 6.26. The molecule has 8 heteroatoms. The van der Waals surface area contributed by atoms with Gasteiger partial charge in [0.1, 0.15) is 0 Å². The van der Waals surface area contributed by atoms with Crippen molar-refractivity contribution in [2.45, 2.75) is 0 Å². The summed E-state index contributed by atoms with van der Waals surface area (Å²) in [6.45, 7) is 0. The number of ether oxygens (including phenoxy) is 4. The topological polar surface area (TPSA) is 84.2 Å². The van der Waals surface area contributed by atoms with Crippen LogP contribution in [0.25, 0.3) is 22.3 Å². The minimum absolute atomic E-state index is 0.290. The molecular weight excluding hydrogens is 422 g/mol. The van der Waals surface area contributed by atoms with Crippen LogP contribution in [-0.2, 0) is 0 Å². The van der Waals surface area contributed by atoms with Gasteiger partial charge in [0.25, 0.3) is 5.56 Å². The highest BCUT2D eigenvalue weighted by molar-refractivity contribution is 5.83. The summed E-state index contributed by atoms with van der Waals surface area (Å²) in [7, 11) is 6.25. The van der Waals surface area contributed by atoms with Crippen LogP contribution in [-0.4, -0.2) is 44.3 Å². The Bertz CT molecular complexity index is 1390. The van der Waals surface area contributed by atoms with E-state index in [1.807, 2.05) is 12.1 Å². The Labute approximate surface area is 190 Å². The second-order valence-corrected chi connectivity index (χ2v) is 7.00. The van der Waals surface area contributed by atoms with Crippen LogP contribution in [0.5, 0.6) is 23.0 Å². The highest BCUT2D eigenvalue weighted by Gasteiger charge is 2.15. The largest absolute Gasteiger partial charge is 0.493 e. The number of benzene rings is 3. The molecule has 168 valence electrons. The molecule has 1 heterocycles. The number of para-hydroxylation sites is 1. The van der Waals surface area contributed by atoms with Gasteiger partial charge in [0.05, 0.1) is 45.6 Å². The van der Waals surface area contributed by atoms with Gasteiger partial charge in [-0.15, -0.1) is 0 Å². The number of hydrogen-bond donors (Lipinski definition) is 0. The van der Waals surface area contributed by atoms with E-state index in [9.17, 15) is 4.79 Å². The summed E-state index contributed by atoms with van der Waals surface area (Å²) < 4.78 is 22.7. The lowest BCUT2D eigenvalue weighted by atomic mass is 10.1. The first-order valence-electron chi connectivity index (χ1n) is 10.1. The first-order valence-corrected chi connectivity index (χ1v) is 10.1. The molecule has 0 aliphatic rings. The predicted octanol–water partition coefficient (Wildman–Crippen LogP) is 3.98. The van der Waals surface area contributed by atoms with Crippen molar-refractivity contribution in [1.82, 2.24) is 9.66 Å². The summed E-state index contributed by atoms with van der Waals surface area (Å²) in [6.07, 6.45) is 1.57. The van der Waals surface area contributed by atoms with Crippen molar-refractivity contribution in [3.63, 3.8) is 0 Å². The van der Waals surface area contributed by atoms with Crippen LogP contribution in [0.2, 0.25) is 0 Å². The molecule has 33 heavy (non-hydrogen) atoms. The molecule has 0 fully saturated rings.